The summed E-state index contributed by atoms with van der Waals surface area (Å²) < 4.78 is 6.27. The van der Waals surface area contributed by atoms with Crippen molar-refractivity contribution >= 4 is 15.9 Å². The molecule has 0 amide bonds. The van der Waals surface area contributed by atoms with E-state index in [4.69, 9.17) is 9.57 Å². The second-order valence-corrected chi connectivity index (χ2v) is 4.50. The van der Waals surface area contributed by atoms with Crippen LogP contribution >= 0.6 is 15.9 Å². The Morgan fingerprint density at radius 3 is 2.67 bits per heavy atom. The van der Waals surface area contributed by atoms with Gasteiger partial charge in [0.15, 0.2) is 0 Å². The highest BCUT2D eigenvalue weighted by Crippen LogP contribution is 2.15. The fourth-order valence-electron chi connectivity index (χ4n) is 1.40. The van der Waals surface area contributed by atoms with Crippen LogP contribution in [0.25, 0.3) is 0 Å². The van der Waals surface area contributed by atoms with Crippen LogP contribution < -0.4 is 0 Å². The van der Waals surface area contributed by atoms with Crippen molar-refractivity contribution in [1.29, 1.82) is 0 Å². The van der Waals surface area contributed by atoms with E-state index in [0.717, 1.165) is 24.2 Å². The zero-order valence-electron chi connectivity index (χ0n) is 8.65. The van der Waals surface area contributed by atoms with Gasteiger partial charge in [-0.15, -0.1) is 0 Å². The number of hydroxylamine groups is 2. The molecule has 2 rings (SSSR count). The summed E-state index contributed by atoms with van der Waals surface area (Å²) in [6.45, 7) is 2.50. The maximum atomic E-state index is 5.28. The molecule has 0 aromatic heterocycles. The zero-order valence-corrected chi connectivity index (χ0v) is 10.2. The standard InChI is InChI=1S/C11H14BrNO2/c1-14-13(7-11-8-15-11)6-9-2-4-10(12)5-3-9/h2-5,11H,6-8H2,1H3. The molecule has 0 aliphatic carbocycles. The molecule has 0 N–H and O–H groups in total. The summed E-state index contributed by atoms with van der Waals surface area (Å²) in [5.41, 5.74) is 1.24. The fraction of sp³-hybridized carbons (Fsp3) is 0.455. The smallest absolute Gasteiger partial charge is 0.0959 e. The molecule has 82 valence electrons. The first kappa shape index (κ1) is 11.1. The van der Waals surface area contributed by atoms with Gasteiger partial charge in [0.25, 0.3) is 0 Å². The van der Waals surface area contributed by atoms with Crippen LogP contribution in [0.2, 0.25) is 0 Å². The number of halogens is 1. The van der Waals surface area contributed by atoms with E-state index in [1.807, 2.05) is 17.2 Å². The number of benzene rings is 1. The van der Waals surface area contributed by atoms with Gasteiger partial charge in [0.2, 0.25) is 0 Å². The maximum Gasteiger partial charge on any atom is 0.0959 e. The van der Waals surface area contributed by atoms with Gasteiger partial charge in [-0.3, -0.25) is 0 Å². The van der Waals surface area contributed by atoms with Gasteiger partial charge in [-0.05, 0) is 17.7 Å². The Bertz CT molecular complexity index is 311. The number of epoxide rings is 1. The summed E-state index contributed by atoms with van der Waals surface area (Å²) in [6.07, 6.45) is 0.361. The molecule has 3 nitrogen and oxygen atoms in total. The predicted octanol–water partition coefficient (Wildman–Crippen LogP) is 2.21. The Hall–Kier alpha value is -0.420. The summed E-state index contributed by atoms with van der Waals surface area (Å²) in [4.78, 5) is 5.28. The summed E-state index contributed by atoms with van der Waals surface area (Å²) in [5, 5.41) is 1.92. The van der Waals surface area contributed by atoms with Crippen molar-refractivity contribution in [1.82, 2.24) is 5.06 Å². The quantitative estimate of drug-likeness (QED) is 0.607. The second-order valence-electron chi connectivity index (χ2n) is 3.59. The Balaban J connectivity index is 1.89. The monoisotopic (exact) mass is 271 g/mol. The third-order valence-electron chi connectivity index (χ3n) is 2.34. The average molecular weight is 272 g/mol. The largest absolute Gasteiger partial charge is 0.372 e. The molecule has 1 aliphatic heterocycles. The Kier molecular flexibility index (Phi) is 3.75. The van der Waals surface area contributed by atoms with Crippen LogP contribution in [0, 0.1) is 0 Å². The zero-order chi connectivity index (χ0) is 10.7. The van der Waals surface area contributed by atoms with Gasteiger partial charge in [0, 0.05) is 11.0 Å². The summed E-state index contributed by atoms with van der Waals surface area (Å²) in [6, 6.07) is 8.25. The molecule has 1 unspecified atom stereocenters. The van der Waals surface area contributed by atoms with Crippen molar-refractivity contribution in [3.8, 4) is 0 Å². The molecule has 4 heteroatoms. The number of hydrogen-bond acceptors (Lipinski definition) is 3. The Morgan fingerprint density at radius 1 is 1.47 bits per heavy atom. The first-order valence-corrected chi connectivity index (χ1v) is 5.72. The highest BCUT2D eigenvalue weighted by Gasteiger charge is 2.25. The molecule has 1 atom stereocenters. The van der Waals surface area contributed by atoms with Crippen LogP contribution in [0.15, 0.2) is 28.7 Å². The lowest BCUT2D eigenvalue weighted by atomic mass is 10.2. The van der Waals surface area contributed by atoms with Crippen LogP contribution in [-0.2, 0) is 16.1 Å². The molecule has 1 aliphatic rings. The lowest BCUT2D eigenvalue weighted by Crippen LogP contribution is -2.26. The van der Waals surface area contributed by atoms with E-state index >= 15 is 0 Å². The lowest BCUT2D eigenvalue weighted by Gasteiger charge is -2.18. The summed E-state index contributed by atoms with van der Waals surface area (Å²) in [5.74, 6) is 0. The molecular formula is C11H14BrNO2. The molecule has 1 fully saturated rings. The van der Waals surface area contributed by atoms with Crippen molar-refractivity contribution in [2.45, 2.75) is 12.6 Å². The molecule has 15 heavy (non-hydrogen) atoms. The number of hydrogen-bond donors (Lipinski definition) is 0. The van der Waals surface area contributed by atoms with Gasteiger partial charge in [0.05, 0.1) is 26.4 Å². The summed E-state index contributed by atoms with van der Waals surface area (Å²) in [7, 11) is 1.70. The van der Waals surface area contributed by atoms with Crippen LogP contribution in [-0.4, -0.2) is 31.4 Å². The molecule has 1 aromatic rings. The lowest BCUT2D eigenvalue weighted by molar-refractivity contribution is -0.141. The van der Waals surface area contributed by atoms with Crippen LogP contribution in [0.4, 0.5) is 0 Å². The third-order valence-corrected chi connectivity index (χ3v) is 2.87. The first-order valence-electron chi connectivity index (χ1n) is 4.93. The second kappa shape index (κ2) is 5.07. The highest BCUT2D eigenvalue weighted by atomic mass is 79.9. The predicted molar refractivity (Wildman–Crippen MR) is 61.3 cm³/mol. The first-order chi connectivity index (χ1) is 7.28. The van der Waals surface area contributed by atoms with Crippen molar-refractivity contribution in [3.05, 3.63) is 34.3 Å². The SMILES string of the molecule is CON(Cc1ccc(Br)cc1)CC1CO1. The van der Waals surface area contributed by atoms with E-state index in [9.17, 15) is 0 Å². The molecule has 1 aromatic carbocycles. The number of ether oxygens (including phenoxy) is 1. The van der Waals surface area contributed by atoms with E-state index in [1.165, 1.54) is 5.56 Å². The minimum atomic E-state index is 0.361. The van der Waals surface area contributed by atoms with Crippen LogP contribution in [0.3, 0.4) is 0 Å². The maximum absolute atomic E-state index is 5.28. The van der Waals surface area contributed by atoms with E-state index < -0.39 is 0 Å². The van der Waals surface area contributed by atoms with Crippen molar-refractivity contribution in [2.24, 2.45) is 0 Å². The number of nitrogens with zero attached hydrogens (tertiary/aromatic N) is 1. The molecule has 0 radical (unpaired) electrons. The van der Waals surface area contributed by atoms with Crippen molar-refractivity contribution in [3.63, 3.8) is 0 Å². The van der Waals surface area contributed by atoms with Gasteiger partial charge in [0.1, 0.15) is 0 Å². The van der Waals surface area contributed by atoms with Gasteiger partial charge >= 0.3 is 0 Å². The van der Waals surface area contributed by atoms with E-state index in [0.29, 0.717) is 6.10 Å². The topological polar surface area (TPSA) is 25.0 Å². The van der Waals surface area contributed by atoms with Crippen LogP contribution in [0.5, 0.6) is 0 Å². The van der Waals surface area contributed by atoms with Gasteiger partial charge < -0.3 is 9.57 Å². The minimum absolute atomic E-state index is 0.361. The molecule has 0 spiro atoms. The van der Waals surface area contributed by atoms with Gasteiger partial charge in [-0.1, -0.05) is 28.1 Å². The minimum Gasteiger partial charge on any atom is -0.372 e. The van der Waals surface area contributed by atoms with E-state index in [2.05, 4.69) is 28.1 Å². The van der Waals surface area contributed by atoms with E-state index in [1.54, 1.807) is 7.11 Å². The molecule has 0 saturated carbocycles. The molecular weight excluding hydrogens is 258 g/mol. The normalized spacial score (nSPS) is 19.5. The fourth-order valence-corrected chi connectivity index (χ4v) is 1.66. The molecule has 1 heterocycles. The molecule has 1 saturated heterocycles. The Labute approximate surface area is 98.1 Å². The summed E-state index contributed by atoms with van der Waals surface area (Å²) >= 11 is 3.41. The van der Waals surface area contributed by atoms with Crippen molar-refractivity contribution < 1.29 is 9.57 Å². The average Bonchev–Trinajstić information content (AvgIpc) is 3.04. The molecule has 0 bridgehead atoms. The van der Waals surface area contributed by atoms with E-state index in [-0.39, 0.29) is 0 Å². The van der Waals surface area contributed by atoms with Gasteiger partial charge in [-0.2, -0.15) is 5.06 Å². The highest BCUT2D eigenvalue weighted by molar-refractivity contribution is 9.10. The Morgan fingerprint density at radius 2 is 2.13 bits per heavy atom. The number of rotatable bonds is 5. The van der Waals surface area contributed by atoms with Crippen molar-refractivity contribution in [2.75, 3.05) is 20.3 Å². The van der Waals surface area contributed by atoms with Gasteiger partial charge in [-0.25, -0.2) is 0 Å². The van der Waals surface area contributed by atoms with Crippen LogP contribution in [0.1, 0.15) is 5.56 Å². The third kappa shape index (κ3) is 3.57.